The van der Waals surface area contributed by atoms with Crippen LogP contribution in [0.4, 0.5) is 5.69 Å². The smallest absolute Gasteiger partial charge is 0.244 e. The number of hydrogen-bond acceptors (Lipinski definition) is 5. The lowest BCUT2D eigenvalue weighted by Gasteiger charge is -2.34. The van der Waals surface area contributed by atoms with E-state index in [2.05, 4.69) is 5.32 Å². The molecule has 0 saturated carbocycles. The molecule has 0 fully saturated rings. The molecular weight excluding hydrogens is 550 g/mol. The van der Waals surface area contributed by atoms with Crippen LogP contribution in [0.15, 0.2) is 78.9 Å². The molecular formula is C30H36ClN3O5S. The Labute approximate surface area is 241 Å². The summed E-state index contributed by atoms with van der Waals surface area (Å²) in [5, 5.41) is 3.35. The molecule has 0 aliphatic carbocycles. The van der Waals surface area contributed by atoms with E-state index >= 15 is 0 Å². The lowest BCUT2D eigenvalue weighted by Crippen LogP contribution is -2.53. The zero-order chi connectivity index (χ0) is 29.1. The van der Waals surface area contributed by atoms with Gasteiger partial charge >= 0.3 is 0 Å². The first-order valence-electron chi connectivity index (χ1n) is 13.2. The lowest BCUT2D eigenvalue weighted by molar-refractivity contribution is -0.140. The summed E-state index contributed by atoms with van der Waals surface area (Å²) in [5.74, 6) is -0.543. The second kappa shape index (κ2) is 14.7. The van der Waals surface area contributed by atoms with Crippen molar-refractivity contribution in [3.05, 3.63) is 95.0 Å². The number of sulfonamides is 1. The maximum Gasteiger partial charge on any atom is 0.244 e. The summed E-state index contributed by atoms with van der Waals surface area (Å²) < 4.78 is 32.7. The van der Waals surface area contributed by atoms with Gasteiger partial charge in [-0.05, 0) is 42.7 Å². The fourth-order valence-electron chi connectivity index (χ4n) is 4.27. The zero-order valence-corrected chi connectivity index (χ0v) is 24.6. The van der Waals surface area contributed by atoms with Gasteiger partial charge in [0.1, 0.15) is 18.3 Å². The molecule has 0 spiro atoms. The van der Waals surface area contributed by atoms with Crippen molar-refractivity contribution < 1.29 is 22.7 Å². The largest absolute Gasteiger partial charge is 0.492 e. The fourth-order valence-corrected chi connectivity index (χ4v) is 5.31. The van der Waals surface area contributed by atoms with E-state index in [4.69, 9.17) is 16.3 Å². The van der Waals surface area contributed by atoms with Crippen LogP contribution >= 0.6 is 11.6 Å². The first-order valence-corrected chi connectivity index (χ1v) is 15.4. The van der Waals surface area contributed by atoms with Crippen molar-refractivity contribution in [1.29, 1.82) is 0 Å². The summed E-state index contributed by atoms with van der Waals surface area (Å²) >= 11 is 6.47. The van der Waals surface area contributed by atoms with Crippen molar-refractivity contribution in [2.75, 3.05) is 30.3 Å². The van der Waals surface area contributed by atoms with E-state index in [-0.39, 0.29) is 24.6 Å². The summed E-state index contributed by atoms with van der Waals surface area (Å²) in [6.07, 6.45) is 2.00. The highest BCUT2D eigenvalue weighted by molar-refractivity contribution is 7.92. The maximum absolute atomic E-state index is 14.1. The second-order valence-electron chi connectivity index (χ2n) is 9.28. The molecule has 0 heterocycles. The summed E-state index contributed by atoms with van der Waals surface area (Å²) in [7, 11) is -3.91. The van der Waals surface area contributed by atoms with Crippen LogP contribution in [-0.4, -0.2) is 57.1 Å². The Balaban J connectivity index is 2.08. The van der Waals surface area contributed by atoms with Crippen molar-refractivity contribution in [3.8, 4) is 5.75 Å². The number of nitrogens with zero attached hydrogens (tertiary/aromatic N) is 2. The summed E-state index contributed by atoms with van der Waals surface area (Å²) in [6.45, 7) is 3.98. The van der Waals surface area contributed by atoms with Crippen LogP contribution in [-0.2, 0) is 32.6 Å². The first kappa shape index (κ1) is 31.0. The van der Waals surface area contributed by atoms with Crippen LogP contribution in [0.1, 0.15) is 31.4 Å². The Hall–Kier alpha value is -3.56. The molecule has 0 bridgehead atoms. The average molecular weight is 586 g/mol. The molecule has 0 aromatic heterocycles. The minimum atomic E-state index is -3.91. The quantitative estimate of drug-likeness (QED) is 0.297. The third-order valence-corrected chi connectivity index (χ3v) is 7.73. The van der Waals surface area contributed by atoms with E-state index in [0.717, 1.165) is 22.5 Å². The number of para-hydroxylation sites is 2. The van der Waals surface area contributed by atoms with Crippen LogP contribution in [0.5, 0.6) is 5.75 Å². The Morgan fingerprint density at radius 1 is 0.950 bits per heavy atom. The highest BCUT2D eigenvalue weighted by Gasteiger charge is 2.33. The third-order valence-electron chi connectivity index (χ3n) is 6.23. The lowest BCUT2D eigenvalue weighted by atomic mass is 10.0. The Morgan fingerprint density at radius 3 is 2.25 bits per heavy atom. The van der Waals surface area contributed by atoms with E-state index in [1.54, 1.807) is 55.5 Å². The van der Waals surface area contributed by atoms with Gasteiger partial charge < -0.3 is 15.0 Å². The second-order valence-corrected chi connectivity index (χ2v) is 11.6. The van der Waals surface area contributed by atoms with Gasteiger partial charge in [-0.15, -0.1) is 0 Å². The number of amides is 2. The van der Waals surface area contributed by atoms with Gasteiger partial charge in [0.2, 0.25) is 21.8 Å². The van der Waals surface area contributed by atoms with E-state index in [1.165, 1.54) is 4.90 Å². The number of halogens is 1. The van der Waals surface area contributed by atoms with Crippen molar-refractivity contribution in [3.63, 3.8) is 0 Å². The van der Waals surface area contributed by atoms with Gasteiger partial charge in [0.15, 0.2) is 0 Å². The molecule has 0 aliphatic rings. The number of nitrogens with one attached hydrogen (secondary N) is 1. The molecule has 1 N–H and O–H groups in total. The number of hydrogen-bond donors (Lipinski definition) is 1. The maximum atomic E-state index is 14.1. The number of benzene rings is 3. The number of ether oxygens (including phenoxy) is 1. The molecule has 1 atom stereocenters. The molecule has 3 aromatic rings. The summed E-state index contributed by atoms with van der Waals surface area (Å²) in [6, 6.07) is 22.2. The van der Waals surface area contributed by atoms with E-state index in [1.807, 2.05) is 37.3 Å². The highest BCUT2D eigenvalue weighted by atomic mass is 35.5. The van der Waals surface area contributed by atoms with Crippen LogP contribution in [0, 0.1) is 0 Å². The molecule has 214 valence electrons. The monoisotopic (exact) mass is 585 g/mol. The average Bonchev–Trinajstić information content (AvgIpc) is 2.93. The van der Waals surface area contributed by atoms with Gasteiger partial charge in [0.25, 0.3) is 0 Å². The summed E-state index contributed by atoms with van der Waals surface area (Å²) in [5.41, 5.74) is 1.74. The predicted molar refractivity (Wildman–Crippen MR) is 159 cm³/mol. The first-order chi connectivity index (χ1) is 19.2. The standard InChI is InChI=1S/C30H36ClN3O5S/c1-4-19-32-30(36)27(20-23-13-7-6-8-14-23)33(21-24-15-9-10-16-25(24)31)29(35)22-34(40(3,37)38)26-17-11-12-18-28(26)39-5-2/h6-18,27H,4-5,19-22H2,1-3H3,(H,32,36)/t27-/m1/s1. The zero-order valence-electron chi connectivity index (χ0n) is 23.0. The van der Waals surface area contributed by atoms with Gasteiger partial charge in [0.05, 0.1) is 18.6 Å². The molecule has 0 saturated heterocycles. The predicted octanol–water partition coefficient (Wildman–Crippen LogP) is 4.67. The normalized spacial score (nSPS) is 11.9. The van der Waals surface area contributed by atoms with Gasteiger partial charge in [-0.2, -0.15) is 0 Å². The highest BCUT2D eigenvalue weighted by Crippen LogP contribution is 2.30. The summed E-state index contributed by atoms with van der Waals surface area (Å²) in [4.78, 5) is 29.1. The molecule has 0 radical (unpaired) electrons. The van der Waals surface area contributed by atoms with Gasteiger partial charge in [0, 0.05) is 24.5 Å². The number of carbonyl (C=O) groups is 2. The van der Waals surface area contributed by atoms with Crippen LogP contribution in [0.25, 0.3) is 0 Å². The molecule has 0 aliphatic heterocycles. The van der Waals surface area contributed by atoms with Gasteiger partial charge in [-0.1, -0.05) is 79.2 Å². The van der Waals surface area contributed by atoms with E-state index < -0.39 is 28.5 Å². The van der Waals surface area contributed by atoms with Gasteiger partial charge in [-0.3, -0.25) is 13.9 Å². The van der Waals surface area contributed by atoms with Crippen molar-refractivity contribution in [2.24, 2.45) is 0 Å². The molecule has 40 heavy (non-hydrogen) atoms. The van der Waals surface area contributed by atoms with Crippen molar-refractivity contribution >= 4 is 39.1 Å². The number of anilines is 1. The topological polar surface area (TPSA) is 96.0 Å². The Bertz CT molecular complexity index is 1380. The molecule has 0 unspecified atom stereocenters. The van der Waals surface area contributed by atoms with E-state index in [9.17, 15) is 18.0 Å². The Morgan fingerprint density at radius 2 is 1.60 bits per heavy atom. The van der Waals surface area contributed by atoms with Crippen LogP contribution in [0.3, 0.4) is 0 Å². The number of carbonyl (C=O) groups excluding carboxylic acids is 2. The third kappa shape index (κ3) is 8.47. The van der Waals surface area contributed by atoms with Crippen LogP contribution in [0.2, 0.25) is 5.02 Å². The van der Waals surface area contributed by atoms with Gasteiger partial charge in [-0.25, -0.2) is 8.42 Å². The SMILES string of the molecule is CCCNC(=O)[C@@H](Cc1ccccc1)N(Cc1ccccc1Cl)C(=O)CN(c1ccccc1OCC)S(C)(=O)=O. The van der Waals surface area contributed by atoms with Crippen LogP contribution < -0.4 is 14.4 Å². The minimum absolute atomic E-state index is 0.0141. The molecule has 3 aromatic carbocycles. The fraction of sp³-hybridized carbons (Fsp3) is 0.333. The Kier molecular flexibility index (Phi) is 11.4. The minimum Gasteiger partial charge on any atom is -0.492 e. The molecule has 3 rings (SSSR count). The van der Waals surface area contributed by atoms with Crippen molar-refractivity contribution in [1.82, 2.24) is 10.2 Å². The van der Waals surface area contributed by atoms with Crippen molar-refractivity contribution in [2.45, 2.75) is 39.3 Å². The number of rotatable bonds is 14. The molecule has 2 amide bonds. The van der Waals surface area contributed by atoms with E-state index in [0.29, 0.717) is 29.5 Å². The molecule has 10 heteroatoms. The molecule has 8 nitrogen and oxygen atoms in total.